The van der Waals surface area contributed by atoms with Crippen LogP contribution in [0.4, 0.5) is 0 Å². The van der Waals surface area contributed by atoms with Crippen molar-refractivity contribution >= 4 is 29.1 Å². The van der Waals surface area contributed by atoms with Crippen LogP contribution in [0.1, 0.15) is 27.4 Å². The summed E-state index contributed by atoms with van der Waals surface area (Å²) in [5.74, 6) is -0.186. The SMILES string of the molecule is Cc1cc(C(=O)N(Cc2ccc(Cl)c(Cl)c2)Cc2ccccn2)nn1-c1ccccc1. The van der Waals surface area contributed by atoms with E-state index in [1.165, 1.54) is 0 Å². The van der Waals surface area contributed by atoms with Gasteiger partial charge in [0.1, 0.15) is 0 Å². The summed E-state index contributed by atoms with van der Waals surface area (Å²) in [6, 6.07) is 22.5. The summed E-state index contributed by atoms with van der Waals surface area (Å²) in [5.41, 5.74) is 3.81. The van der Waals surface area contributed by atoms with Crippen LogP contribution < -0.4 is 0 Å². The molecule has 0 atom stereocenters. The number of rotatable bonds is 6. The molecule has 0 N–H and O–H groups in total. The molecule has 2 aromatic carbocycles. The molecule has 2 heterocycles. The molecule has 156 valence electrons. The molecule has 0 aliphatic carbocycles. The van der Waals surface area contributed by atoms with Gasteiger partial charge in [0, 0.05) is 18.4 Å². The van der Waals surface area contributed by atoms with Crippen LogP contribution >= 0.6 is 23.2 Å². The van der Waals surface area contributed by atoms with Crippen LogP contribution in [-0.2, 0) is 13.1 Å². The van der Waals surface area contributed by atoms with Crippen molar-refractivity contribution in [3.8, 4) is 5.69 Å². The Balaban J connectivity index is 1.65. The number of para-hydroxylation sites is 1. The predicted octanol–water partition coefficient (Wildman–Crippen LogP) is 5.73. The third kappa shape index (κ3) is 4.95. The highest BCUT2D eigenvalue weighted by atomic mass is 35.5. The molecule has 0 saturated carbocycles. The van der Waals surface area contributed by atoms with Gasteiger partial charge in [0.15, 0.2) is 5.69 Å². The number of hydrogen-bond acceptors (Lipinski definition) is 3. The average Bonchev–Trinajstić information content (AvgIpc) is 3.18. The lowest BCUT2D eigenvalue weighted by Crippen LogP contribution is -2.31. The van der Waals surface area contributed by atoms with E-state index in [0.717, 1.165) is 22.6 Å². The number of aryl methyl sites for hydroxylation is 1. The van der Waals surface area contributed by atoms with Crippen molar-refractivity contribution in [2.24, 2.45) is 0 Å². The second kappa shape index (κ2) is 9.33. The molecular formula is C24H20Cl2N4O. The Morgan fingerprint density at radius 2 is 1.71 bits per heavy atom. The third-order valence-corrected chi connectivity index (χ3v) is 5.57. The fourth-order valence-corrected chi connectivity index (χ4v) is 3.64. The zero-order valence-electron chi connectivity index (χ0n) is 16.9. The molecule has 7 heteroatoms. The number of benzene rings is 2. The summed E-state index contributed by atoms with van der Waals surface area (Å²) in [6.07, 6.45) is 1.71. The number of aromatic nitrogens is 3. The van der Waals surface area contributed by atoms with E-state index in [9.17, 15) is 4.79 Å². The smallest absolute Gasteiger partial charge is 0.275 e. The molecule has 0 bridgehead atoms. The van der Waals surface area contributed by atoms with Gasteiger partial charge in [-0.2, -0.15) is 5.10 Å². The Bertz CT molecular complexity index is 1190. The van der Waals surface area contributed by atoms with Crippen LogP contribution in [0.2, 0.25) is 10.0 Å². The number of pyridine rings is 1. The standard InChI is InChI=1S/C24H20Cl2N4O/c1-17-13-23(28-30(17)20-8-3-2-4-9-20)24(31)29(16-19-7-5-6-12-27-19)15-18-10-11-21(25)22(26)14-18/h2-14H,15-16H2,1H3. The summed E-state index contributed by atoms with van der Waals surface area (Å²) in [4.78, 5) is 19.5. The maximum absolute atomic E-state index is 13.5. The lowest BCUT2D eigenvalue weighted by molar-refractivity contribution is 0.0721. The molecule has 4 rings (SSSR count). The first kappa shape index (κ1) is 21.1. The van der Waals surface area contributed by atoms with Crippen LogP contribution in [-0.4, -0.2) is 25.6 Å². The van der Waals surface area contributed by atoms with Crippen molar-refractivity contribution in [3.05, 3.63) is 112 Å². The van der Waals surface area contributed by atoms with Crippen LogP contribution in [0.15, 0.2) is 79.0 Å². The minimum Gasteiger partial charge on any atom is -0.327 e. The van der Waals surface area contributed by atoms with Gasteiger partial charge in [-0.25, -0.2) is 4.68 Å². The highest BCUT2D eigenvalue weighted by Crippen LogP contribution is 2.24. The van der Waals surface area contributed by atoms with Gasteiger partial charge in [-0.05, 0) is 55.0 Å². The summed E-state index contributed by atoms with van der Waals surface area (Å²) >= 11 is 12.2. The fourth-order valence-electron chi connectivity index (χ4n) is 3.32. The Morgan fingerprint density at radius 1 is 0.935 bits per heavy atom. The van der Waals surface area contributed by atoms with Gasteiger partial charge in [-0.15, -0.1) is 0 Å². The number of carbonyl (C=O) groups excluding carboxylic acids is 1. The summed E-state index contributed by atoms with van der Waals surface area (Å²) in [6.45, 7) is 2.62. The molecule has 4 aromatic rings. The highest BCUT2D eigenvalue weighted by Gasteiger charge is 2.21. The number of nitrogens with zero attached hydrogens (tertiary/aromatic N) is 4. The molecular weight excluding hydrogens is 431 g/mol. The van der Waals surface area contributed by atoms with E-state index in [2.05, 4.69) is 10.1 Å². The van der Waals surface area contributed by atoms with E-state index in [0.29, 0.717) is 28.8 Å². The van der Waals surface area contributed by atoms with E-state index >= 15 is 0 Å². The van der Waals surface area contributed by atoms with Crippen molar-refractivity contribution in [3.63, 3.8) is 0 Å². The second-order valence-electron chi connectivity index (χ2n) is 7.15. The molecule has 0 fully saturated rings. The van der Waals surface area contributed by atoms with E-state index in [1.807, 2.05) is 61.5 Å². The van der Waals surface area contributed by atoms with Crippen molar-refractivity contribution in [1.82, 2.24) is 19.7 Å². The molecule has 5 nitrogen and oxygen atoms in total. The van der Waals surface area contributed by atoms with Gasteiger partial charge in [0.2, 0.25) is 0 Å². The first-order valence-corrected chi connectivity index (χ1v) is 10.5. The molecule has 0 aliphatic rings. The van der Waals surface area contributed by atoms with Crippen LogP contribution in [0, 0.1) is 6.92 Å². The van der Waals surface area contributed by atoms with Crippen LogP contribution in [0.3, 0.4) is 0 Å². The average molecular weight is 451 g/mol. The zero-order valence-corrected chi connectivity index (χ0v) is 18.4. The topological polar surface area (TPSA) is 51.0 Å². The lowest BCUT2D eigenvalue weighted by Gasteiger charge is -2.22. The van der Waals surface area contributed by atoms with Crippen molar-refractivity contribution in [1.29, 1.82) is 0 Å². The maximum atomic E-state index is 13.5. The Labute approximate surface area is 190 Å². The highest BCUT2D eigenvalue weighted by molar-refractivity contribution is 6.42. The number of carbonyl (C=O) groups is 1. The number of amides is 1. The van der Waals surface area contributed by atoms with Crippen molar-refractivity contribution in [2.45, 2.75) is 20.0 Å². The van der Waals surface area contributed by atoms with Gasteiger partial charge in [-0.3, -0.25) is 9.78 Å². The Hall–Kier alpha value is -3.15. The first-order valence-electron chi connectivity index (χ1n) is 9.76. The lowest BCUT2D eigenvalue weighted by atomic mass is 10.2. The normalized spacial score (nSPS) is 10.8. The van der Waals surface area contributed by atoms with Crippen molar-refractivity contribution in [2.75, 3.05) is 0 Å². The summed E-state index contributed by atoms with van der Waals surface area (Å²) < 4.78 is 1.77. The molecule has 2 aromatic heterocycles. The van der Waals surface area contributed by atoms with Gasteiger partial charge < -0.3 is 4.90 Å². The molecule has 0 unspecified atom stereocenters. The van der Waals surface area contributed by atoms with Gasteiger partial charge in [0.05, 0.1) is 28.0 Å². The summed E-state index contributed by atoms with van der Waals surface area (Å²) in [7, 11) is 0. The fraction of sp³-hybridized carbons (Fsp3) is 0.125. The monoisotopic (exact) mass is 450 g/mol. The number of hydrogen-bond donors (Lipinski definition) is 0. The van der Waals surface area contributed by atoms with Gasteiger partial charge in [-0.1, -0.05) is 53.5 Å². The minimum atomic E-state index is -0.186. The van der Waals surface area contributed by atoms with Crippen LogP contribution in [0.25, 0.3) is 5.69 Å². The molecule has 0 radical (unpaired) electrons. The third-order valence-electron chi connectivity index (χ3n) is 4.83. The Morgan fingerprint density at radius 3 is 2.42 bits per heavy atom. The van der Waals surface area contributed by atoms with E-state index < -0.39 is 0 Å². The molecule has 0 spiro atoms. The molecule has 1 amide bonds. The van der Waals surface area contributed by atoms with E-state index in [4.69, 9.17) is 23.2 Å². The van der Waals surface area contributed by atoms with Crippen LogP contribution in [0.5, 0.6) is 0 Å². The molecule has 0 aliphatic heterocycles. The minimum absolute atomic E-state index is 0.186. The van der Waals surface area contributed by atoms with Gasteiger partial charge >= 0.3 is 0 Å². The first-order chi connectivity index (χ1) is 15.0. The molecule has 0 saturated heterocycles. The van der Waals surface area contributed by atoms with E-state index in [-0.39, 0.29) is 5.91 Å². The largest absolute Gasteiger partial charge is 0.327 e. The van der Waals surface area contributed by atoms with Gasteiger partial charge in [0.25, 0.3) is 5.91 Å². The molecule has 31 heavy (non-hydrogen) atoms. The predicted molar refractivity (Wildman–Crippen MR) is 123 cm³/mol. The van der Waals surface area contributed by atoms with Crippen molar-refractivity contribution < 1.29 is 4.79 Å². The number of halogens is 2. The zero-order chi connectivity index (χ0) is 21.8. The van der Waals surface area contributed by atoms with E-state index in [1.54, 1.807) is 34.0 Å². The second-order valence-corrected chi connectivity index (χ2v) is 7.96. The quantitative estimate of drug-likeness (QED) is 0.377. The summed E-state index contributed by atoms with van der Waals surface area (Å²) in [5, 5.41) is 5.50. The maximum Gasteiger partial charge on any atom is 0.275 e. The Kier molecular flexibility index (Phi) is 6.35.